The van der Waals surface area contributed by atoms with Gasteiger partial charge in [0.25, 0.3) is 0 Å². The number of nitrogens with zero attached hydrogens (tertiary/aromatic N) is 2. The van der Waals surface area contributed by atoms with E-state index in [1.807, 2.05) is 12.5 Å². The Morgan fingerprint density at radius 1 is 1.28 bits per heavy atom. The molecular weight excluding hydrogens is 252 g/mol. The quantitative estimate of drug-likeness (QED) is 0.739. The van der Waals surface area contributed by atoms with Crippen LogP contribution in [0.15, 0.2) is 18.7 Å². The second-order valence-corrected chi connectivity index (χ2v) is 5.09. The highest BCUT2D eigenvalue weighted by Gasteiger charge is 2.18. The van der Waals surface area contributed by atoms with Gasteiger partial charge in [-0.25, -0.2) is 4.98 Å². The fraction of sp³-hybridized carbons (Fsp3) is 0.692. The molecule has 0 amide bonds. The van der Waals surface area contributed by atoms with Gasteiger partial charge < -0.3 is 9.67 Å². The van der Waals surface area contributed by atoms with Gasteiger partial charge in [-0.3, -0.25) is 4.79 Å². The summed E-state index contributed by atoms with van der Waals surface area (Å²) >= 11 is 0. The number of unbranched alkanes of at least 4 members (excludes halogenated alkanes) is 3. The number of hydrogen-bond donors (Lipinski definition) is 1. The molecule has 0 aliphatic heterocycles. The van der Waals surface area contributed by atoms with Crippen molar-refractivity contribution in [3.8, 4) is 0 Å². The third-order valence-corrected chi connectivity index (χ3v) is 3.13. The minimum atomic E-state index is -0.691. The lowest BCUT2D eigenvalue weighted by Gasteiger charge is -2.26. The molecular formula is C13H23ClN2O2. The average molecular weight is 275 g/mol. The van der Waals surface area contributed by atoms with Gasteiger partial charge in [0.1, 0.15) is 0 Å². The van der Waals surface area contributed by atoms with Crippen LogP contribution >= 0.6 is 12.4 Å². The minimum absolute atomic E-state index is 0. The van der Waals surface area contributed by atoms with E-state index in [-0.39, 0.29) is 17.9 Å². The van der Waals surface area contributed by atoms with Crippen molar-refractivity contribution in [3.63, 3.8) is 0 Å². The normalized spacial score (nSPS) is 11.0. The van der Waals surface area contributed by atoms with Gasteiger partial charge in [-0.15, -0.1) is 12.4 Å². The van der Waals surface area contributed by atoms with Crippen molar-refractivity contribution >= 4 is 18.4 Å². The Morgan fingerprint density at radius 2 is 1.94 bits per heavy atom. The number of aliphatic carboxylic acids is 1. The van der Waals surface area contributed by atoms with E-state index >= 15 is 0 Å². The zero-order valence-corrected chi connectivity index (χ0v) is 11.9. The first-order valence-corrected chi connectivity index (χ1v) is 6.22. The fourth-order valence-corrected chi connectivity index (χ4v) is 1.93. The van der Waals surface area contributed by atoms with Crippen molar-refractivity contribution in [1.82, 2.24) is 9.55 Å². The first-order chi connectivity index (χ1) is 8.02. The standard InChI is InChI=1S/C13H22N2O2.ClH/c1-13(2,15-10-9-14-11-15)8-6-4-3-5-7-12(16)17;/h9-11H,3-8H2,1-2H3,(H,16,17);1H. The summed E-state index contributed by atoms with van der Waals surface area (Å²) < 4.78 is 2.13. The van der Waals surface area contributed by atoms with Crippen LogP contribution in [0.5, 0.6) is 0 Å². The fourth-order valence-electron chi connectivity index (χ4n) is 1.93. The summed E-state index contributed by atoms with van der Waals surface area (Å²) in [5, 5.41) is 8.51. The largest absolute Gasteiger partial charge is 0.481 e. The summed E-state index contributed by atoms with van der Waals surface area (Å²) in [6.07, 6.45) is 11.1. The van der Waals surface area contributed by atoms with Gasteiger partial charge in [-0.1, -0.05) is 19.3 Å². The molecule has 0 aromatic carbocycles. The molecule has 0 bridgehead atoms. The van der Waals surface area contributed by atoms with Crippen LogP contribution in [-0.4, -0.2) is 20.6 Å². The van der Waals surface area contributed by atoms with E-state index in [0.29, 0.717) is 6.42 Å². The van der Waals surface area contributed by atoms with Crippen molar-refractivity contribution < 1.29 is 9.90 Å². The van der Waals surface area contributed by atoms with Crippen LogP contribution in [0.25, 0.3) is 0 Å². The highest BCUT2D eigenvalue weighted by atomic mass is 35.5. The maximum atomic E-state index is 10.3. The molecule has 1 aromatic heterocycles. The lowest BCUT2D eigenvalue weighted by atomic mass is 9.96. The molecule has 18 heavy (non-hydrogen) atoms. The molecule has 0 fully saturated rings. The number of carboxylic acids is 1. The molecule has 1 rings (SSSR count). The van der Waals surface area contributed by atoms with Gasteiger partial charge in [-0.05, 0) is 26.7 Å². The number of rotatable bonds is 8. The van der Waals surface area contributed by atoms with Crippen molar-refractivity contribution in [3.05, 3.63) is 18.7 Å². The molecule has 1 aromatic rings. The second kappa shape index (κ2) is 8.14. The Morgan fingerprint density at radius 3 is 2.50 bits per heavy atom. The maximum absolute atomic E-state index is 10.3. The molecule has 0 aliphatic carbocycles. The van der Waals surface area contributed by atoms with E-state index in [9.17, 15) is 4.79 Å². The zero-order valence-electron chi connectivity index (χ0n) is 11.1. The Kier molecular flexibility index (Phi) is 7.67. The van der Waals surface area contributed by atoms with Crippen molar-refractivity contribution in [1.29, 1.82) is 0 Å². The first kappa shape index (κ1) is 17.0. The van der Waals surface area contributed by atoms with Crippen LogP contribution in [0.1, 0.15) is 52.4 Å². The van der Waals surface area contributed by atoms with E-state index in [2.05, 4.69) is 23.4 Å². The summed E-state index contributed by atoms with van der Waals surface area (Å²) in [7, 11) is 0. The first-order valence-electron chi connectivity index (χ1n) is 6.22. The van der Waals surface area contributed by atoms with Crippen LogP contribution in [0.4, 0.5) is 0 Å². The number of imidazole rings is 1. The van der Waals surface area contributed by atoms with Gasteiger partial charge >= 0.3 is 5.97 Å². The van der Waals surface area contributed by atoms with E-state index in [1.165, 1.54) is 0 Å². The van der Waals surface area contributed by atoms with E-state index in [1.54, 1.807) is 6.20 Å². The zero-order chi connectivity index (χ0) is 12.7. The van der Waals surface area contributed by atoms with Crippen LogP contribution in [0.3, 0.4) is 0 Å². The average Bonchev–Trinajstić information content (AvgIpc) is 2.76. The van der Waals surface area contributed by atoms with Gasteiger partial charge in [0.2, 0.25) is 0 Å². The molecule has 0 unspecified atom stereocenters. The topological polar surface area (TPSA) is 55.1 Å². The van der Waals surface area contributed by atoms with Crippen molar-refractivity contribution in [2.75, 3.05) is 0 Å². The highest BCUT2D eigenvalue weighted by Crippen LogP contribution is 2.22. The number of carbonyl (C=O) groups is 1. The predicted molar refractivity (Wildman–Crippen MR) is 74.1 cm³/mol. The molecule has 4 nitrogen and oxygen atoms in total. The van der Waals surface area contributed by atoms with Crippen LogP contribution in [0, 0.1) is 0 Å². The Hall–Kier alpha value is -1.03. The minimum Gasteiger partial charge on any atom is -0.481 e. The van der Waals surface area contributed by atoms with Crippen LogP contribution in [0.2, 0.25) is 0 Å². The number of aromatic nitrogens is 2. The van der Waals surface area contributed by atoms with Crippen LogP contribution < -0.4 is 0 Å². The number of carboxylic acid groups (broad SMARTS) is 1. The SMILES string of the molecule is CC(C)(CCCCCCC(=O)O)n1ccnc1.Cl. The van der Waals surface area contributed by atoms with Gasteiger partial charge in [-0.2, -0.15) is 0 Å². The number of halogens is 1. The molecule has 0 atom stereocenters. The summed E-state index contributed by atoms with van der Waals surface area (Å²) in [6.45, 7) is 4.40. The maximum Gasteiger partial charge on any atom is 0.303 e. The smallest absolute Gasteiger partial charge is 0.303 e. The molecule has 1 N–H and O–H groups in total. The molecule has 0 saturated carbocycles. The Bertz CT molecular complexity index is 337. The summed E-state index contributed by atoms with van der Waals surface area (Å²) in [5.74, 6) is -0.691. The molecule has 0 spiro atoms. The molecule has 0 aliphatic rings. The summed E-state index contributed by atoms with van der Waals surface area (Å²) in [5.41, 5.74) is 0.100. The number of hydrogen-bond acceptors (Lipinski definition) is 2. The second-order valence-electron chi connectivity index (χ2n) is 5.09. The molecule has 1 heterocycles. The van der Waals surface area contributed by atoms with E-state index < -0.39 is 5.97 Å². The molecule has 0 radical (unpaired) electrons. The van der Waals surface area contributed by atoms with Crippen molar-refractivity contribution in [2.45, 2.75) is 57.9 Å². The Labute approximate surface area is 115 Å². The summed E-state index contributed by atoms with van der Waals surface area (Å²) in [6, 6.07) is 0. The van der Waals surface area contributed by atoms with Gasteiger partial charge in [0.05, 0.1) is 6.33 Å². The van der Waals surface area contributed by atoms with Gasteiger partial charge in [0, 0.05) is 24.4 Å². The lowest BCUT2D eigenvalue weighted by Crippen LogP contribution is -2.24. The molecule has 104 valence electrons. The summed E-state index contributed by atoms with van der Waals surface area (Å²) in [4.78, 5) is 14.4. The van der Waals surface area contributed by atoms with Crippen LogP contribution in [-0.2, 0) is 10.3 Å². The Balaban J connectivity index is 0.00000289. The monoisotopic (exact) mass is 274 g/mol. The third kappa shape index (κ3) is 6.05. The van der Waals surface area contributed by atoms with Gasteiger partial charge in [0.15, 0.2) is 0 Å². The molecule has 5 heteroatoms. The van der Waals surface area contributed by atoms with Crippen molar-refractivity contribution in [2.24, 2.45) is 0 Å². The predicted octanol–water partition coefficient (Wildman–Crippen LogP) is 3.47. The van der Waals surface area contributed by atoms with E-state index in [0.717, 1.165) is 32.1 Å². The third-order valence-electron chi connectivity index (χ3n) is 3.13. The lowest BCUT2D eigenvalue weighted by molar-refractivity contribution is -0.137. The molecule has 0 saturated heterocycles. The van der Waals surface area contributed by atoms with E-state index in [4.69, 9.17) is 5.11 Å². The highest BCUT2D eigenvalue weighted by molar-refractivity contribution is 5.85.